The van der Waals surface area contributed by atoms with E-state index in [0.29, 0.717) is 18.1 Å². The van der Waals surface area contributed by atoms with Gasteiger partial charge in [-0.2, -0.15) is 11.8 Å². The number of benzene rings is 1. The summed E-state index contributed by atoms with van der Waals surface area (Å²) < 4.78 is 0. The highest BCUT2D eigenvalue weighted by atomic mass is 35.5. The molecule has 5 heteroatoms. The quantitative estimate of drug-likeness (QED) is 0.926. The Morgan fingerprint density at radius 3 is 3.05 bits per heavy atom. The third kappa shape index (κ3) is 4.13. The number of hydrogen-bond donors (Lipinski definition) is 1. The molecule has 2 rings (SSSR count). The number of halogens is 1. The molecule has 1 N–H and O–H groups in total. The minimum Gasteiger partial charge on any atom is -0.337 e. The van der Waals surface area contributed by atoms with Gasteiger partial charge in [0.1, 0.15) is 0 Å². The third-order valence-electron chi connectivity index (χ3n) is 3.18. The smallest absolute Gasteiger partial charge is 0.240 e. The molecular weight excluding hydrogens is 280 g/mol. The lowest BCUT2D eigenvalue weighted by Gasteiger charge is -2.29. The Morgan fingerprint density at radius 2 is 2.42 bits per heavy atom. The summed E-state index contributed by atoms with van der Waals surface area (Å²) >= 11 is 7.82. The van der Waals surface area contributed by atoms with Crippen molar-refractivity contribution in [3.8, 4) is 0 Å². The van der Waals surface area contributed by atoms with Crippen molar-refractivity contribution in [3.05, 3.63) is 34.9 Å². The Hall–Kier alpha value is -0.710. The van der Waals surface area contributed by atoms with E-state index >= 15 is 0 Å². The fourth-order valence-corrected chi connectivity index (χ4v) is 3.28. The highest BCUT2D eigenvalue weighted by Crippen LogP contribution is 2.15. The van der Waals surface area contributed by atoms with Gasteiger partial charge < -0.3 is 10.2 Å². The number of hydrogen-bond acceptors (Lipinski definition) is 3. The van der Waals surface area contributed by atoms with E-state index in [9.17, 15) is 4.79 Å². The van der Waals surface area contributed by atoms with Crippen molar-refractivity contribution in [2.75, 3.05) is 24.6 Å². The molecule has 104 valence electrons. The fraction of sp³-hybridized carbons (Fsp3) is 0.500. The van der Waals surface area contributed by atoms with Gasteiger partial charge in [-0.25, -0.2) is 0 Å². The van der Waals surface area contributed by atoms with E-state index in [-0.39, 0.29) is 11.9 Å². The van der Waals surface area contributed by atoms with Crippen molar-refractivity contribution in [1.29, 1.82) is 0 Å². The Morgan fingerprint density at radius 1 is 1.58 bits per heavy atom. The Balaban J connectivity index is 2.00. The van der Waals surface area contributed by atoms with Crippen LogP contribution in [-0.2, 0) is 11.3 Å². The molecule has 0 radical (unpaired) electrons. The number of nitrogens with zero attached hydrogens (tertiary/aromatic N) is 1. The molecule has 0 aromatic heterocycles. The topological polar surface area (TPSA) is 32.3 Å². The number of amides is 1. The lowest BCUT2D eigenvalue weighted by atomic mass is 10.2. The largest absolute Gasteiger partial charge is 0.337 e. The highest BCUT2D eigenvalue weighted by Gasteiger charge is 2.25. The molecule has 0 aliphatic carbocycles. The first-order valence-electron chi connectivity index (χ1n) is 6.55. The van der Waals surface area contributed by atoms with Crippen molar-refractivity contribution in [3.63, 3.8) is 0 Å². The molecule has 3 nitrogen and oxygen atoms in total. The van der Waals surface area contributed by atoms with Crippen LogP contribution in [0.2, 0.25) is 5.02 Å². The van der Waals surface area contributed by atoms with Crippen LogP contribution in [0, 0.1) is 0 Å². The first kappa shape index (κ1) is 14.7. The molecule has 0 spiro atoms. The monoisotopic (exact) mass is 298 g/mol. The molecule has 19 heavy (non-hydrogen) atoms. The van der Waals surface area contributed by atoms with Gasteiger partial charge in [-0.15, -0.1) is 0 Å². The summed E-state index contributed by atoms with van der Waals surface area (Å²) in [4.78, 5) is 14.3. The summed E-state index contributed by atoms with van der Waals surface area (Å²) in [5.41, 5.74) is 1.08. The second kappa shape index (κ2) is 7.17. The van der Waals surface area contributed by atoms with Crippen LogP contribution in [0.1, 0.15) is 12.5 Å². The number of carbonyl (C=O) groups excluding carboxylic acids is 1. The van der Waals surface area contributed by atoms with E-state index < -0.39 is 0 Å². The summed E-state index contributed by atoms with van der Waals surface area (Å²) in [5, 5.41) is 4.01. The van der Waals surface area contributed by atoms with Gasteiger partial charge in [-0.3, -0.25) is 4.79 Å². The maximum atomic E-state index is 12.4. The maximum absolute atomic E-state index is 12.4. The summed E-state index contributed by atoms with van der Waals surface area (Å²) in [6.45, 7) is 4.27. The van der Waals surface area contributed by atoms with Crippen LogP contribution in [0.5, 0.6) is 0 Å². The average molecular weight is 299 g/mol. The summed E-state index contributed by atoms with van der Waals surface area (Å²) in [7, 11) is 0. The molecule has 1 aromatic rings. The summed E-state index contributed by atoms with van der Waals surface area (Å²) in [5.74, 6) is 2.14. The van der Waals surface area contributed by atoms with E-state index in [1.807, 2.05) is 47.9 Å². The van der Waals surface area contributed by atoms with Crippen LogP contribution in [-0.4, -0.2) is 41.4 Å². The van der Waals surface area contributed by atoms with Gasteiger partial charge >= 0.3 is 0 Å². The second-order valence-electron chi connectivity index (χ2n) is 4.56. The van der Waals surface area contributed by atoms with Crippen molar-refractivity contribution in [1.82, 2.24) is 10.2 Å². The summed E-state index contributed by atoms with van der Waals surface area (Å²) in [6.07, 6.45) is 0. The Bertz CT molecular complexity index is 435. The molecule has 1 aromatic carbocycles. The number of thioether (sulfide) groups is 1. The van der Waals surface area contributed by atoms with E-state index in [1.165, 1.54) is 0 Å². The molecule has 1 atom stereocenters. The average Bonchev–Trinajstić information content (AvgIpc) is 2.45. The van der Waals surface area contributed by atoms with Gasteiger partial charge in [-0.1, -0.05) is 23.7 Å². The van der Waals surface area contributed by atoms with Gasteiger partial charge in [0.15, 0.2) is 0 Å². The van der Waals surface area contributed by atoms with Gasteiger partial charge in [0, 0.05) is 36.2 Å². The van der Waals surface area contributed by atoms with Crippen LogP contribution in [0.15, 0.2) is 24.3 Å². The first-order chi connectivity index (χ1) is 9.20. The first-order valence-corrected chi connectivity index (χ1v) is 8.08. The van der Waals surface area contributed by atoms with E-state index in [1.54, 1.807) is 0 Å². The predicted molar refractivity (Wildman–Crippen MR) is 81.7 cm³/mol. The zero-order valence-electron chi connectivity index (χ0n) is 11.1. The Labute approximate surface area is 123 Å². The number of rotatable bonds is 4. The lowest BCUT2D eigenvalue weighted by Crippen LogP contribution is -2.50. The van der Waals surface area contributed by atoms with Crippen molar-refractivity contribution >= 4 is 29.3 Å². The minimum absolute atomic E-state index is 0.0436. The van der Waals surface area contributed by atoms with E-state index in [0.717, 1.165) is 23.6 Å². The van der Waals surface area contributed by atoms with Crippen molar-refractivity contribution in [2.24, 2.45) is 0 Å². The van der Waals surface area contributed by atoms with E-state index in [2.05, 4.69) is 5.32 Å². The third-order valence-corrected chi connectivity index (χ3v) is 4.47. The van der Waals surface area contributed by atoms with Gasteiger partial charge in [-0.05, 0) is 24.6 Å². The van der Waals surface area contributed by atoms with Crippen LogP contribution in [0.25, 0.3) is 0 Å². The van der Waals surface area contributed by atoms with Crippen LogP contribution in [0.4, 0.5) is 0 Å². The lowest BCUT2D eigenvalue weighted by molar-refractivity contribution is -0.133. The minimum atomic E-state index is -0.0436. The molecule has 1 heterocycles. The predicted octanol–water partition coefficient (Wildman–Crippen LogP) is 2.39. The van der Waals surface area contributed by atoms with Crippen LogP contribution < -0.4 is 5.32 Å². The normalized spacial score (nSPS) is 19.2. The molecule has 0 bridgehead atoms. The number of likely N-dealkylation sites (N-methyl/N-ethyl adjacent to an activating group) is 1. The van der Waals surface area contributed by atoms with Crippen LogP contribution >= 0.6 is 23.4 Å². The van der Waals surface area contributed by atoms with Gasteiger partial charge in [0.2, 0.25) is 5.91 Å². The molecule has 0 saturated carbocycles. The number of nitrogens with one attached hydrogen (secondary N) is 1. The molecule has 1 aliphatic rings. The maximum Gasteiger partial charge on any atom is 0.240 e. The SMILES string of the molecule is CCN(Cc1cccc(Cl)c1)C(=O)C1CSCCN1. The van der Waals surface area contributed by atoms with Gasteiger partial charge in [0.25, 0.3) is 0 Å². The highest BCUT2D eigenvalue weighted by molar-refractivity contribution is 7.99. The van der Waals surface area contributed by atoms with Gasteiger partial charge in [0.05, 0.1) is 6.04 Å². The zero-order chi connectivity index (χ0) is 13.7. The summed E-state index contributed by atoms with van der Waals surface area (Å²) in [6, 6.07) is 7.65. The molecule has 1 saturated heterocycles. The fourth-order valence-electron chi connectivity index (χ4n) is 2.15. The molecule has 1 amide bonds. The molecule has 1 fully saturated rings. The number of carbonyl (C=O) groups is 1. The zero-order valence-corrected chi connectivity index (χ0v) is 12.6. The molecular formula is C14H19ClN2OS. The van der Waals surface area contributed by atoms with Crippen molar-refractivity contribution in [2.45, 2.75) is 19.5 Å². The van der Waals surface area contributed by atoms with E-state index in [4.69, 9.17) is 11.6 Å². The second-order valence-corrected chi connectivity index (χ2v) is 6.15. The van der Waals surface area contributed by atoms with Crippen molar-refractivity contribution < 1.29 is 4.79 Å². The standard InChI is InChI=1S/C14H19ClN2OS/c1-2-17(9-11-4-3-5-12(15)8-11)14(18)13-10-19-7-6-16-13/h3-5,8,13,16H,2,6-7,9-10H2,1H3. The van der Waals surface area contributed by atoms with Crippen LogP contribution in [0.3, 0.4) is 0 Å². The molecule has 1 aliphatic heterocycles. The molecule has 1 unspecified atom stereocenters. The Kier molecular flexibility index (Phi) is 5.55.